The van der Waals surface area contributed by atoms with E-state index in [2.05, 4.69) is 5.32 Å². The van der Waals surface area contributed by atoms with Crippen molar-refractivity contribution in [3.8, 4) is 5.75 Å². The molecule has 0 aliphatic heterocycles. The Morgan fingerprint density at radius 3 is 2.45 bits per heavy atom. The SMILES string of the molecule is CCC(CC)(C(=O)Nc1ccc(OC)c(Cl)c1)C(N)=S. The van der Waals surface area contributed by atoms with Crippen molar-refractivity contribution >= 4 is 40.4 Å². The second kappa shape index (κ2) is 6.90. The fourth-order valence-electron chi connectivity index (χ4n) is 2.03. The van der Waals surface area contributed by atoms with Crippen LogP contribution in [0.25, 0.3) is 0 Å². The molecule has 0 aliphatic rings. The van der Waals surface area contributed by atoms with Gasteiger partial charge in [0.25, 0.3) is 0 Å². The molecule has 0 unspecified atom stereocenters. The van der Waals surface area contributed by atoms with Crippen LogP contribution in [0.2, 0.25) is 5.02 Å². The van der Waals surface area contributed by atoms with Gasteiger partial charge in [0.15, 0.2) is 0 Å². The highest BCUT2D eigenvalue weighted by atomic mass is 35.5. The summed E-state index contributed by atoms with van der Waals surface area (Å²) < 4.78 is 5.07. The van der Waals surface area contributed by atoms with Crippen LogP contribution in [0.4, 0.5) is 5.69 Å². The number of benzene rings is 1. The molecule has 1 amide bonds. The van der Waals surface area contributed by atoms with E-state index in [-0.39, 0.29) is 10.9 Å². The van der Waals surface area contributed by atoms with Crippen LogP contribution in [0.3, 0.4) is 0 Å². The lowest BCUT2D eigenvalue weighted by molar-refractivity contribution is -0.122. The third kappa shape index (κ3) is 3.22. The predicted molar refractivity (Wildman–Crippen MR) is 86.4 cm³/mol. The molecule has 0 saturated carbocycles. The Hall–Kier alpha value is -1.33. The summed E-state index contributed by atoms with van der Waals surface area (Å²) in [6, 6.07) is 5.05. The smallest absolute Gasteiger partial charge is 0.237 e. The molecule has 3 N–H and O–H groups in total. The molecule has 0 spiro atoms. The zero-order valence-corrected chi connectivity index (χ0v) is 13.4. The fourth-order valence-corrected chi connectivity index (χ4v) is 2.67. The van der Waals surface area contributed by atoms with Gasteiger partial charge in [-0.3, -0.25) is 4.79 Å². The maximum atomic E-state index is 12.5. The summed E-state index contributed by atoms with van der Waals surface area (Å²) in [7, 11) is 1.53. The predicted octanol–water partition coefficient (Wildman–Crippen LogP) is 3.38. The Morgan fingerprint density at radius 1 is 1.45 bits per heavy atom. The van der Waals surface area contributed by atoms with Crippen LogP contribution < -0.4 is 15.8 Å². The molecule has 0 aliphatic carbocycles. The van der Waals surface area contributed by atoms with E-state index in [9.17, 15) is 4.79 Å². The van der Waals surface area contributed by atoms with Crippen molar-refractivity contribution in [3.05, 3.63) is 23.2 Å². The van der Waals surface area contributed by atoms with Crippen molar-refractivity contribution in [2.75, 3.05) is 12.4 Å². The van der Waals surface area contributed by atoms with E-state index in [0.717, 1.165) is 0 Å². The Morgan fingerprint density at radius 2 is 2.05 bits per heavy atom. The summed E-state index contributed by atoms with van der Waals surface area (Å²) in [5, 5.41) is 3.24. The zero-order valence-electron chi connectivity index (χ0n) is 11.8. The van der Waals surface area contributed by atoms with Gasteiger partial charge >= 0.3 is 0 Å². The number of methoxy groups -OCH3 is 1. The Kier molecular flexibility index (Phi) is 5.77. The maximum absolute atomic E-state index is 12.5. The van der Waals surface area contributed by atoms with Crippen molar-refractivity contribution in [1.29, 1.82) is 0 Å². The van der Waals surface area contributed by atoms with E-state index in [1.807, 2.05) is 13.8 Å². The third-order valence-corrected chi connectivity index (χ3v) is 4.21. The zero-order chi connectivity index (χ0) is 15.3. The number of thiocarbonyl (C=S) groups is 1. The number of rotatable bonds is 6. The van der Waals surface area contributed by atoms with Crippen molar-refractivity contribution in [3.63, 3.8) is 0 Å². The summed E-state index contributed by atoms with van der Waals surface area (Å²) in [5.41, 5.74) is 5.50. The number of nitrogens with two attached hydrogens (primary N) is 1. The molecule has 110 valence electrons. The minimum atomic E-state index is -0.832. The number of amides is 1. The van der Waals surface area contributed by atoms with Gasteiger partial charge in [0.2, 0.25) is 5.91 Å². The van der Waals surface area contributed by atoms with E-state index < -0.39 is 5.41 Å². The molecule has 0 radical (unpaired) electrons. The largest absolute Gasteiger partial charge is 0.495 e. The Labute approximate surface area is 129 Å². The highest BCUT2D eigenvalue weighted by Gasteiger charge is 2.38. The van der Waals surface area contributed by atoms with E-state index >= 15 is 0 Å². The average Bonchev–Trinajstić information content (AvgIpc) is 2.40. The van der Waals surface area contributed by atoms with E-state index in [4.69, 9.17) is 34.3 Å². The van der Waals surface area contributed by atoms with Gasteiger partial charge in [-0.1, -0.05) is 37.7 Å². The van der Waals surface area contributed by atoms with Gasteiger partial charge in [-0.2, -0.15) is 0 Å². The van der Waals surface area contributed by atoms with Gasteiger partial charge in [-0.25, -0.2) is 0 Å². The molecule has 0 aromatic heterocycles. The lowest BCUT2D eigenvalue weighted by Crippen LogP contribution is -2.45. The number of ether oxygens (including phenoxy) is 1. The first-order valence-corrected chi connectivity index (χ1v) is 7.14. The monoisotopic (exact) mass is 314 g/mol. The summed E-state index contributed by atoms with van der Waals surface area (Å²) in [6.07, 6.45) is 1.10. The number of carbonyl (C=O) groups is 1. The minimum absolute atomic E-state index is 0.208. The van der Waals surface area contributed by atoms with E-state index in [1.54, 1.807) is 18.2 Å². The van der Waals surface area contributed by atoms with Crippen LogP contribution >= 0.6 is 23.8 Å². The van der Waals surface area contributed by atoms with Crippen LogP contribution in [-0.2, 0) is 4.79 Å². The first kappa shape index (κ1) is 16.7. The van der Waals surface area contributed by atoms with E-state index in [0.29, 0.717) is 29.3 Å². The van der Waals surface area contributed by atoms with Crippen molar-refractivity contribution in [2.24, 2.45) is 11.1 Å². The van der Waals surface area contributed by atoms with Crippen LogP contribution in [0, 0.1) is 5.41 Å². The van der Waals surface area contributed by atoms with Crippen LogP contribution in [0.1, 0.15) is 26.7 Å². The van der Waals surface area contributed by atoms with Gasteiger partial charge < -0.3 is 15.8 Å². The molecule has 6 heteroatoms. The summed E-state index contributed by atoms with van der Waals surface area (Å²) >= 11 is 11.1. The van der Waals surface area contributed by atoms with Gasteiger partial charge in [-0.05, 0) is 31.0 Å². The molecule has 0 heterocycles. The fraction of sp³-hybridized carbons (Fsp3) is 0.429. The molecule has 0 saturated heterocycles. The van der Waals surface area contributed by atoms with Gasteiger partial charge in [-0.15, -0.1) is 0 Å². The van der Waals surface area contributed by atoms with Crippen LogP contribution in [0.5, 0.6) is 5.75 Å². The molecule has 20 heavy (non-hydrogen) atoms. The molecule has 1 rings (SSSR count). The molecule has 0 fully saturated rings. The van der Waals surface area contributed by atoms with Gasteiger partial charge in [0.05, 0.1) is 22.5 Å². The minimum Gasteiger partial charge on any atom is -0.495 e. The van der Waals surface area contributed by atoms with Crippen molar-refractivity contribution in [2.45, 2.75) is 26.7 Å². The lowest BCUT2D eigenvalue weighted by atomic mass is 9.81. The van der Waals surface area contributed by atoms with Crippen molar-refractivity contribution in [1.82, 2.24) is 0 Å². The molecule has 4 nitrogen and oxygen atoms in total. The summed E-state index contributed by atoms with van der Waals surface area (Å²) in [5.74, 6) is 0.340. The Bertz CT molecular complexity index is 516. The number of hydrogen-bond donors (Lipinski definition) is 2. The second-order valence-corrected chi connectivity index (χ2v) is 5.30. The molecule has 1 aromatic carbocycles. The molecule has 0 atom stereocenters. The molecule has 0 bridgehead atoms. The van der Waals surface area contributed by atoms with Crippen LogP contribution in [-0.4, -0.2) is 18.0 Å². The number of nitrogens with one attached hydrogen (secondary N) is 1. The summed E-state index contributed by atoms with van der Waals surface area (Å²) in [4.78, 5) is 12.7. The lowest BCUT2D eigenvalue weighted by Gasteiger charge is -2.29. The molecular formula is C14H19ClN2O2S. The third-order valence-electron chi connectivity index (χ3n) is 3.52. The van der Waals surface area contributed by atoms with Gasteiger partial charge in [0, 0.05) is 5.69 Å². The maximum Gasteiger partial charge on any atom is 0.237 e. The first-order chi connectivity index (χ1) is 9.41. The topological polar surface area (TPSA) is 64.3 Å². The normalized spacial score (nSPS) is 11.0. The average molecular weight is 315 g/mol. The number of halogens is 1. The molecule has 1 aromatic rings. The highest BCUT2D eigenvalue weighted by molar-refractivity contribution is 7.80. The first-order valence-electron chi connectivity index (χ1n) is 6.36. The Balaban J connectivity index is 3.00. The van der Waals surface area contributed by atoms with E-state index in [1.165, 1.54) is 7.11 Å². The standard InChI is InChI=1S/C14H19ClN2O2S/c1-4-14(5-2,12(16)20)13(18)17-9-6-7-11(19-3)10(15)8-9/h6-8H,4-5H2,1-3H3,(H2,16,20)(H,17,18). The highest BCUT2D eigenvalue weighted by Crippen LogP contribution is 2.31. The van der Waals surface area contributed by atoms with Crippen molar-refractivity contribution < 1.29 is 9.53 Å². The molecular weight excluding hydrogens is 296 g/mol. The quantitative estimate of drug-likeness (QED) is 0.790. The van der Waals surface area contributed by atoms with Crippen LogP contribution in [0.15, 0.2) is 18.2 Å². The number of hydrogen-bond acceptors (Lipinski definition) is 3. The van der Waals surface area contributed by atoms with Gasteiger partial charge in [0.1, 0.15) is 5.75 Å². The summed E-state index contributed by atoms with van der Waals surface area (Å²) in [6.45, 7) is 3.78. The number of anilines is 1. The second-order valence-electron chi connectivity index (χ2n) is 4.46. The number of carbonyl (C=O) groups excluding carboxylic acids is 1.